The maximum absolute atomic E-state index is 11.1. The van der Waals surface area contributed by atoms with Crippen LogP contribution in [0.15, 0.2) is 12.0 Å². The summed E-state index contributed by atoms with van der Waals surface area (Å²) in [6.07, 6.45) is 9.89. The number of aliphatic hydroxyl groups excluding tert-OH is 1. The van der Waals surface area contributed by atoms with Crippen molar-refractivity contribution in [2.24, 2.45) is 0 Å². The van der Waals surface area contributed by atoms with Gasteiger partial charge in [-0.3, -0.25) is 4.79 Å². The molecule has 1 N–H and O–H groups in total. The summed E-state index contributed by atoms with van der Waals surface area (Å²) < 4.78 is 4.85. The Kier molecular flexibility index (Phi) is 16.1. The number of unbranched alkanes of at least 4 members (excludes halogenated alkanes) is 7. The van der Waals surface area contributed by atoms with Crippen LogP contribution in [-0.2, 0) is 26.6 Å². The third kappa shape index (κ3) is 11.8. The van der Waals surface area contributed by atoms with Crippen LogP contribution in [-0.4, -0.2) is 17.7 Å². The number of rotatable bonds is 10. The van der Waals surface area contributed by atoms with Gasteiger partial charge in [-0.05, 0) is 6.42 Å². The fraction of sp³-hybridized carbons (Fsp3) is 0.714. The van der Waals surface area contributed by atoms with Gasteiger partial charge in [0.15, 0.2) is 0 Å². The zero-order chi connectivity index (χ0) is 13.6. The van der Waals surface area contributed by atoms with Gasteiger partial charge in [-0.1, -0.05) is 51.9 Å². The van der Waals surface area contributed by atoms with E-state index < -0.39 is 5.97 Å². The molecule has 0 aliphatic heterocycles. The van der Waals surface area contributed by atoms with Crippen LogP contribution < -0.4 is 0 Å². The van der Waals surface area contributed by atoms with E-state index >= 15 is 0 Å². The summed E-state index contributed by atoms with van der Waals surface area (Å²) in [6.45, 7) is 9.13. The molecule has 0 aromatic heterocycles. The van der Waals surface area contributed by atoms with Gasteiger partial charge in [0, 0.05) is 17.1 Å². The Hall–Kier alpha value is -0.981. The molecule has 0 atom stereocenters. The molecule has 0 fully saturated rings. The van der Waals surface area contributed by atoms with Crippen LogP contribution in [0.25, 0.3) is 4.85 Å². The predicted molar refractivity (Wildman–Crippen MR) is 70.9 cm³/mol. The van der Waals surface area contributed by atoms with Crippen LogP contribution in [0.5, 0.6) is 0 Å². The number of carbonyl (C=O) groups is 1. The molecule has 0 saturated carbocycles. The number of nitrogens with zero attached hydrogens (tertiary/aromatic N) is 1. The molecule has 113 valence electrons. The van der Waals surface area contributed by atoms with Crippen molar-refractivity contribution >= 4 is 5.97 Å². The van der Waals surface area contributed by atoms with E-state index in [1.54, 1.807) is 0 Å². The number of ether oxygens (including phenoxy) is 1. The van der Waals surface area contributed by atoms with Crippen molar-refractivity contribution in [2.75, 3.05) is 6.61 Å². The van der Waals surface area contributed by atoms with Crippen molar-refractivity contribution in [2.45, 2.75) is 58.3 Å². The Morgan fingerprint density at radius 3 is 2.16 bits per heavy atom. The van der Waals surface area contributed by atoms with Crippen LogP contribution in [0.3, 0.4) is 0 Å². The van der Waals surface area contributed by atoms with Gasteiger partial charge in [0.2, 0.25) is 0 Å². The molecule has 0 spiro atoms. The molecule has 0 rings (SSSR count). The minimum absolute atomic E-state index is 0. The Morgan fingerprint density at radius 2 is 1.68 bits per heavy atom. The molecule has 19 heavy (non-hydrogen) atoms. The van der Waals surface area contributed by atoms with Gasteiger partial charge in [-0.2, -0.15) is 0 Å². The first-order chi connectivity index (χ1) is 8.76. The van der Waals surface area contributed by atoms with E-state index in [4.69, 9.17) is 16.4 Å². The summed E-state index contributed by atoms with van der Waals surface area (Å²) in [5.74, 6) is -0.740. The van der Waals surface area contributed by atoms with Crippen molar-refractivity contribution in [1.82, 2.24) is 0 Å². The second-order valence-electron chi connectivity index (χ2n) is 4.24. The number of esters is 1. The minimum atomic E-state index is -0.740. The number of hydrogen-bond acceptors (Lipinski definition) is 3. The molecular weight excluding hydrogens is 294 g/mol. The van der Waals surface area contributed by atoms with Crippen LogP contribution >= 0.6 is 0 Å². The first-order valence-electron chi connectivity index (χ1n) is 6.65. The Balaban J connectivity index is 0. The smallest absolute Gasteiger partial charge is 0.339 e. The first kappa shape index (κ1) is 20.3. The van der Waals surface area contributed by atoms with Gasteiger partial charge in [0.05, 0.1) is 19.4 Å². The number of hydrogen-bond donors (Lipinski definition) is 1. The molecule has 0 amide bonds. The molecule has 4 nitrogen and oxygen atoms in total. The molecule has 0 aromatic carbocycles. The normalized spacial score (nSPS) is 10.4. The monoisotopic (exact) mass is 316 g/mol. The maximum Gasteiger partial charge on any atom is 0.339 e. The molecule has 0 saturated heterocycles. The molecule has 0 aromatic rings. The summed E-state index contributed by atoms with van der Waals surface area (Å²) >= 11 is 0. The largest absolute Gasteiger partial charge is 0.526 e. The Labute approximate surface area is 126 Å². The van der Waals surface area contributed by atoms with Crippen molar-refractivity contribution in [3.05, 3.63) is 23.4 Å². The molecule has 0 unspecified atom stereocenters. The van der Waals surface area contributed by atoms with Crippen molar-refractivity contribution in [3.63, 3.8) is 0 Å². The second kappa shape index (κ2) is 15.1. The van der Waals surface area contributed by atoms with E-state index in [2.05, 4.69) is 11.8 Å². The van der Waals surface area contributed by atoms with Gasteiger partial charge in [-0.15, -0.1) is 0 Å². The zero-order valence-electron chi connectivity index (χ0n) is 11.5. The van der Waals surface area contributed by atoms with Gasteiger partial charge in [0.1, 0.15) is 0 Å². The van der Waals surface area contributed by atoms with Crippen molar-refractivity contribution < 1.29 is 31.7 Å². The van der Waals surface area contributed by atoms with Crippen molar-refractivity contribution in [1.29, 1.82) is 0 Å². The first-order valence-corrected chi connectivity index (χ1v) is 6.65. The van der Waals surface area contributed by atoms with Crippen LogP contribution in [0.4, 0.5) is 0 Å². The van der Waals surface area contributed by atoms with Crippen LogP contribution in [0.2, 0.25) is 0 Å². The Bertz CT molecular complexity index is 298. The van der Waals surface area contributed by atoms with Crippen LogP contribution in [0.1, 0.15) is 58.3 Å². The van der Waals surface area contributed by atoms with E-state index in [9.17, 15) is 4.79 Å². The standard InChI is InChI=1S/C14H23NO3.Cu/c1-3-4-5-6-7-8-9-10-11-18-14(17)13(12-16)15-2;/h12,16H,3-11H2,1H3;/b13-12+;. The zero-order valence-corrected chi connectivity index (χ0v) is 12.4. The van der Waals surface area contributed by atoms with Gasteiger partial charge < -0.3 is 9.84 Å². The van der Waals surface area contributed by atoms with E-state index in [-0.39, 0.29) is 22.8 Å². The van der Waals surface area contributed by atoms with E-state index in [0.29, 0.717) is 12.9 Å². The molecule has 0 heterocycles. The van der Waals surface area contributed by atoms with Gasteiger partial charge in [-0.25, -0.2) is 4.85 Å². The SMILES string of the molecule is [C-]#[N+]/C(=C/O)C(=O)OCCCCCCCCCC.[Cu]. The molecular formula is C14H23CuNO3. The quantitative estimate of drug-likeness (QED) is 0.166. The number of carbonyl (C=O) groups excluding carboxylic acids is 1. The average molecular weight is 317 g/mol. The third-order valence-corrected chi connectivity index (χ3v) is 2.68. The fourth-order valence-corrected chi connectivity index (χ4v) is 1.60. The third-order valence-electron chi connectivity index (χ3n) is 2.68. The summed E-state index contributed by atoms with van der Waals surface area (Å²) in [5, 5.41) is 8.56. The predicted octanol–water partition coefficient (Wildman–Crippen LogP) is 3.99. The molecule has 0 aliphatic carbocycles. The summed E-state index contributed by atoms with van der Waals surface area (Å²) in [4.78, 5) is 14.0. The van der Waals surface area contributed by atoms with Crippen LogP contribution in [0, 0.1) is 6.57 Å². The number of aliphatic hydroxyl groups is 1. The molecule has 5 heteroatoms. The molecule has 1 radical (unpaired) electrons. The van der Waals surface area contributed by atoms with Gasteiger partial charge in [0.25, 0.3) is 0 Å². The van der Waals surface area contributed by atoms with E-state index in [0.717, 1.165) is 19.3 Å². The summed E-state index contributed by atoms with van der Waals surface area (Å²) in [6, 6.07) is 0. The van der Waals surface area contributed by atoms with Gasteiger partial charge >= 0.3 is 11.7 Å². The fourth-order valence-electron chi connectivity index (χ4n) is 1.60. The summed E-state index contributed by atoms with van der Waals surface area (Å²) in [5.41, 5.74) is -0.366. The maximum atomic E-state index is 11.1. The Morgan fingerprint density at radius 1 is 1.16 bits per heavy atom. The molecule has 0 aliphatic rings. The van der Waals surface area contributed by atoms with Crippen molar-refractivity contribution in [3.8, 4) is 0 Å². The minimum Gasteiger partial charge on any atom is -0.526 e. The summed E-state index contributed by atoms with van der Waals surface area (Å²) in [7, 11) is 0. The average Bonchev–Trinajstić information content (AvgIpc) is 2.38. The second-order valence-corrected chi connectivity index (χ2v) is 4.24. The molecule has 0 bridgehead atoms. The van der Waals surface area contributed by atoms with E-state index in [1.807, 2.05) is 0 Å². The van der Waals surface area contributed by atoms with E-state index in [1.165, 1.54) is 32.1 Å². The topological polar surface area (TPSA) is 50.9 Å².